The maximum Gasteiger partial charge on any atom is 0.246 e. The second-order valence-corrected chi connectivity index (χ2v) is 7.57. The van der Waals surface area contributed by atoms with Gasteiger partial charge < -0.3 is 15.0 Å². The molecule has 1 aromatic heterocycles. The van der Waals surface area contributed by atoms with Gasteiger partial charge in [0.1, 0.15) is 12.4 Å². The largest absolute Gasteiger partial charge is 0.382 e. The number of carbonyl (C=O) groups is 2. The maximum atomic E-state index is 13.1. The van der Waals surface area contributed by atoms with Crippen LogP contribution in [0.4, 0.5) is 4.39 Å². The SMILES string of the molecule is CCOCCCN(CC(=O)NC1CCCC1)C(=O)Cn1nnc(-c2ccc(F)cc2)n1. The molecule has 0 radical (unpaired) electrons. The van der Waals surface area contributed by atoms with Crippen molar-refractivity contribution in [1.82, 2.24) is 30.4 Å². The van der Waals surface area contributed by atoms with E-state index in [0.717, 1.165) is 25.7 Å². The van der Waals surface area contributed by atoms with Crippen molar-refractivity contribution in [2.75, 3.05) is 26.3 Å². The summed E-state index contributed by atoms with van der Waals surface area (Å²) in [6.07, 6.45) is 4.84. The highest BCUT2D eigenvalue weighted by Gasteiger charge is 2.22. The zero-order valence-corrected chi connectivity index (χ0v) is 17.8. The van der Waals surface area contributed by atoms with Gasteiger partial charge in [-0.2, -0.15) is 4.80 Å². The first-order valence-electron chi connectivity index (χ1n) is 10.7. The van der Waals surface area contributed by atoms with E-state index in [2.05, 4.69) is 20.7 Å². The predicted molar refractivity (Wildman–Crippen MR) is 111 cm³/mol. The van der Waals surface area contributed by atoms with Crippen LogP contribution in [0.25, 0.3) is 11.4 Å². The summed E-state index contributed by atoms with van der Waals surface area (Å²) in [6.45, 7) is 3.27. The minimum absolute atomic E-state index is 0.0129. The summed E-state index contributed by atoms with van der Waals surface area (Å²) < 4.78 is 18.4. The molecular weight excluding hydrogens is 403 g/mol. The Balaban J connectivity index is 1.59. The van der Waals surface area contributed by atoms with Crippen molar-refractivity contribution in [3.05, 3.63) is 30.1 Å². The van der Waals surface area contributed by atoms with Crippen molar-refractivity contribution >= 4 is 11.8 Å². The molecule has 1 aromatic carbocycles. The molecule has 1 aliphatic carbocycles. The first-order chi connectivity index (χ1) is 15.0. The van der Waals surface area contributed by atoms with Gasteiger partial charge in [0.2, 0.25) is 17.6 Å². The maximum absolute atomic E-state index is 13.1. The Bertz CT molecular complexity index is 851. The lowest BCUT2D eigenvalue weighted by Gasteiger charge is -2.23. The summed E-state index contributed by atoms with van der Waals surface area (Å²) in [6, 6.07) is 5.91. The summed E-state index contributed by atoms with van der Waals surface area (Å²) >= 11 is 0. The van der Waals surface area contributed by atoms with Crippen molar-refractivity contribution < 1.29 is 18.7 Å². The van der Waals surface area contributed by atoms with E-state index in [1.165, 1.54) is 21.8 Å². The minimum atomic E-state index is -0.357. The Morgan fingerprint density at radius 1 is 1.26 bits per heavy atom. The number of halogens is 1. The smallest absolute Gasteiger partial charge is 0.246 e. The second-order valence-electron chi connectivity index (χ2n) is 7.57. The molecule has 168 valence electrons. The molecule has 9 nitrogen and oxygen atoms in total. The monoisotopic (exact) mass is 432 g/mol. The van der Waals surface area contributed by atoms with Crippen molar-refractivity contribution in [2.45, 2.75) is 51.6 Å². The van der Waals surface area contributed by atoms with Gasteiger partial charge in [-0.25, -0.2) is 4.39 Å². The molecule has 0 unspecified atom stereocenters. The van der Waals surface area contributed by atoms with Crippen LogP contribution in [0.5, 0.6) is 0 Å². The first kappa shape index (κ1) is 22.8. The van der Waals surface area contributed by atoms with Gasteiger partial charge in [-0.05, 0) is 55.7 Å². The Labute approximate surface area is 180 Å². The molecule has 1 heterocycles. The average Bonchev–Trinajstić information content (AvgIpc) is 3.43. The minimum Gasteiger partial charge on any atom is -0.382 e. The van der Waals surface area contributed by atoms with Gasteiger partial charge in [0, 0.05) is 31.4 Å². The van der Waals surface area contributed by atoms with Crippen LogP contribution in [0, 0.1) is 5.82 Å². The number of amides is 2. The van der Waals surface area contributed by atoms with Crippen molar-refractivity contribution in [1.29, 1.82) is 0 Å². The Kier molecular flexibility index (Phi) is 8.45. The van der Waals surface area contributed by atoms with Gasteiger partial charge in [0.25, 0.3) is 0 Å². The Morgan fingerprint density at radius 3 is 2.71 bits per heavy atom. The molecule has 1 fully saturated rings. The molecule has 0 bridgehead atoms. The third-order valence-corrected chi connectivity index (χ3v) is 5.16. The molecule has 0 spiro atoms. The lowest BCUT2D eigenvalue weighted by molar-refractivity contribution is -0.137. The quantitative estimate of drug-likeness (QED) is 0.543. The third kappa shape index (κ3) is 7.09. The number of hydrogen-bond donors (Lipinski definition) is 1. The van der Waals surface area contributed by atoms with Crippen LogP contribution in [0.15, 0.2) is 24.3 Å². The third-order valence-electron chi connectivity index (χ3n) is 5.16. The molecule has 1 aliphatic rings. The molecule has 10 heteroatoms. The number of carbonyl (C=O) groups excluding carboxylic acids is 2. The summed E-state index contributed by atoms with van der Waals surface area (Å²) in [5.41, 5.74) is 0.601. The van der Waals surface area contributed by atoms with Crippen LogP contribution in [0.2, 0.25) is 0 Å². The number of rotatable bonds is 11. The number of nitrogens with zero attached hydrogens (tertiary/aromatic N) is 5. The normalized spacial score (nSPS) is 14.0. The van der Waals surface area contributed by atoms with E-state index in [0.29, 0.717) is 37.6 Å². The van der Waals surface area contributed by atoms with Gasteiger partial charge >= 0.3 is 0 Å². The predicted octanol–water partition coefficient (Wildman–Crippen LogP) is 1.79. The number of hydrogen-bond acceptors (Lipinski definition) is 6. The van der Waals surface area contributed by atoms with Crippen LogP contribution in [-0.4, -0.2) is 69.3 Å². The topological polar surface area (TPSA) is 102 Å². The molecule has 0 aliphatic heterocycles. The van der Waals surface area contributed by atoms with E-state index in [1.807, 2.05) is 6.92 Å². The number of tetrazole rings is 1. The number of aromatic nitrogens is 4. The molecule has 3 rings (SSSR count). The Hall–Kier alpha value is -2.88. The lowest BCUT2D eigenvalue weighted by atomic mass is 10.2. The van der Waals surface area contributed by atoms with Crippen LogP contribution in [-0.2, 0) is 20.9 Å². The highest BCUT2D eigenvalue weighted by molar-refractivity contribution is 5.84. The van der Waals surface area contributed by atoms with E-state index in [-0.39, 0.29) is 36.8 Å². The highest BCUT2D eigenvalue weighted by atomic mass is 19.1. The average molecular weight is 433 g/mol. The Morgan fingerprint density at radius 2 is 2.00 bits per heavy atom. The summed E-state index contributed by atoms with van der Waals surface area (Å²) in [4.78, 5) is 28.0. The van der Waals surface area contributed by atoms with Crippen molar-refractivity contribution in [2.24, 2.45) is 0 Å². The fourth-order valence-corrected chi connectivity index (χ4v) is 3.56. The van der Waals surface area contributed by atoms with Crippen LogP contribution < -0.4 is 5.32 Å². The number of nitrogens with one attached hydrogen (secondary N) is 1. The standard InChI is InChI=1S/C21H29FN6O3/c1-2-31-13-5-12-27(14-19(29)23-18-6-3-4-7-18)20(30)15-28-25-21(24-26-28)16-8-10-17(22)11-9-16/h8-11,18H,2-7,12-15H2,1H3,(H,23,29). The molecule has 31 heavy (non-hydrogen) atoms. The van der Waals surface area contributed by atoms with E-state index in [9.17, 15) is 14.0 Å². The van der Waals surface area contributed by atoms with E-state index < -0.39 is 0 Å². The summed E-state index contributed by atoms with van der Waals surface area (Å²) in [7, 11) is 0. The van der Waals surface area contributed by atoms with Gasteiger partial charge in [-0.3, -0.25) is 9.59 Å². The van der Waals surface area contributed by atoms with Crippen LogP contribution in [0.1, 0.15) is 39.0 Å². The van der Waals surface area contributed by atoms with E-state index >= 15 is 0 Å². The fraction of sp³-hybridized carbons (Fsp3) is 0.571. The zero-order chi connectivity index (χ0) is 22.1. The molecule has 0 atom stereocenters. The first-order valence-corrected chi connectivity index (χ1v) is 10.7. The number of ether oxygens (including phenoxy) is 1. The number of benzene rings is 1. The zero-order valence-electron chi connectivity index (χ0n) is 17.8. The summed E-state index contributed by atoms with van der Waals surface area (Å²) in [5, 5.41) is 15.1. The van der Waals surface area contributed by atoms with E-state index in [4.69, 9.17) is 4.74 Å². The van der Waals surface area contributed by atoms with Crippen LogP contribution >= 0.6 is 0 Å². The summed E-state index contributed by atoms with van der Waals surface area (Å²) in [5.74, 6) is -0.490. The second kappa shape index (κ2) is 11.5. The molecule has 1 saturated carbocycles. The lowest BCUT2D eigenvalue weighted by Crippen LogP contribution is -2.45. The van der Waals surface area contributed by atoms with Gasteiger partial charge in [-0.1, -0.05) is 12.8 Å². The fourth-order valence-electron chi connectivity index (χ4n) is 3.56. The molecule has 2 amide bonds. The molecule has 0 saturated heterocycles. The van der Waals surface area contributed by atoms with E-state index in [1.54, 1.807) is 12.1 Å². The van der Waals surface area contributed by atoms with Crippen LogP contribution in [0.3, 0.4) is 0 Å². The van der Waals surface area contributed by atoms with Gasteiger partial charge in [-0.15, -0.1) is 10.2 Å². The van der Waals surface area contributed by atoms with Gasteiger partial charge in [0.05, 0.1) is 6.54 Å². The van der Waals surface area contributed by atoms with Gasteiger partial charge in [0.15, 0.2) is 0 Å². The highest BCUT2D eigenvalue weighted by Crippen LogP contribution is 2.17. The molecule has 1 N–H and O–H groups in total. The van der Waals surface area contributed by atoms with Crippen molar-refractivity contribution in [3.8, 4) is 11.4 Å². The molecule has 2 aromatic rings. The molecular formula is C21H29FN6O3. The van der Waals surface area contributed by atoms with Crippen molar-refractivity contribution in [3.63, 3.8) is 0 Å².